The fourth-order valence-electron chi connectivity index (χ4n) is 2.31. The van der Waals surface area contributed by atoms with E-state index in [-0.39, 0.29) is 18.5 Å². The van der Waals surface area contributed by atoms with Crippen LogP contribution in [0.5, 0.6) is 0 Å². The molecule has 0 aromatic heterocycles. The summed E-state index contributed by atoms with van der Waals surface area (Å²) in [6.45, 7) is 12.3. The number of hydrogen-bond acceptors (Lipinski definition) is 3. The van der Waals surface area contributed by atoms with Crippen molar-refractivity contribution in [2.24, 2.45) is 0 Å². The maximum atomic E-state index is 12.4. The van der Waals surface area contributed by atoms with Crippen molar-refractivity contribution < 1.29 is 14.3 Å². The molecule has 0 fully saturated rings. The van der Waals surface area contributed by atoms with Crippen molar-refractivity contribution in [1.82, 2.24) is 4.90 Å². The Balaban J connectivity index is 0.00000151. The molecule has 25 heavy (non-hydrogen) atoms. The van der Waals surface area contributed by atoms with E-state index in [0.717, 1.165) is 11.3 Å². The van der Waals surface area contributed by atoms with E-state index in [0.29, 0.717) is 18.5 Å². The van der Waals surface area contributed by atoms with E-state index in [4.69, 9.17) is 4.74 Å². The van der Waals surface area contributed by atoms with Crippen molar-refractivity contribution in [2.45, 2.75) is 53.6 Å². The second-order valence-corrected chi connectivity index (χ2v) is 6.69. The number of amides is 2. The molecule has 0 atom stereocenters. The molecule has 1 aromatic rings. The van der Waals surface area contributed by atoms with Crippen molar-refractivity contribution in [3.63, 3.8) is 0 Å². The summed E-state index contributed by atoms with van der Waals surface area (Å²) in [6, 6.07) is 7.61. The van der Waals surface area contributed by atoms with E-state index in [1.807, 2.05) is 71.9 Å². The molecule has 1 aliphatic heterocycles. The Morgan fingerprint density at radius 3 is 2.40 bits per heavy atom. The molecule has 138 valence electrons. The van der Waals surface area contributed by atoms with E-state index in [2.05, 4.69) is 5.32 Å². The third-order valence-electron chi connectivity index (χ3n) is 3.49. The average Bonchev–Trinajstić information content (AvgIpc) is 2.57. The summed E-state index contributed by atoms with van der Waals surface area (Å²) in [6.07, 6.45) is 2.15. The zero-order chi connectivity index (χ0) is 19.0. The normalized spacial score (nSPS) is 14.0. The van der Waals surface area contributed by atoms with Gasteiger partial charge in [-0.1, -0.05) is 38.1 Å². The van der Waals surface area contributed by atoms with Gasteiger partial charge in [-0.3, -0.25) is 4.79 Å². The Morgan fingerprint density at radius 2 is 1.80 bits per heavy atom. The van der Waals surface area contributed by atoms with E-state index >= 15 is 0 Å². The predicted octanol–water partition coefficient (Wildman–Crippen LogP) is 4.53. The maximum absolute atomic E-state index is 12.4. The summed E-state index contributed by atoms with van der Waals surface area (Å²) in [5.74, 6) is -0.174. The van der Waals surface area contributed by atoms with Crippen LogP contribution in [0.25, 0.3) is 0 Å². The largest absolute Gasteiger partial charge is 0.444 e. The van der Waals surface area contributed by atoms with Crippen molar-refractivity contribution >= 4 is 17.7 Å². The minimum absolute atomic E-state index is 0.174. The maximum Gasteiger partial charge on any atom is 0.410 e. The zero-order valence-corrected chi connectivity index (χ0v) is 16.2. The summed E-state index contributed by atoms with van der Waals surface area (Å²) in [5, 5.41) is 2.90. The molecular weight excluding hydrogens is 316 g/mol. The van der Waals surface area contributed by atoms with Crippen LogP contribution in [0.3, 0.4) is 0 Å². The van der Waals surface area contributed by atoms with Crippen LogP contribution in [0.15, 0.2) is 35.9 Å². The molecule has 0 radical (unpaired) electrons. The molecule has 1 aromatic carbocycles. The van der Waals surface area contributed by atoms with Crippen molar-refractivity contribution in [1.29, 1.82) is 0 Å². The van der Waals surface area contributed by atoms with Crippen molar-refractivity contribution in [3.8, 4) is 0 Å². The Labute approximate surface area is 151 Å². The highest BCUT2D eigenvalue weighted by Crippen LogP contribution is 2.18. The van der Waals surface area contributed by atoms with Crippen LogP contribution in [0.4, 0.5) is 10.5 Å². The van der Waals surface area contributed by atoms with Gasteiger partial charge in [0.1, 0.15) is 5.60 Å². The predicted molar refractivity (Wildman–Crippen MR) is 102 cm³/mol. The molecule has 5 nitrogen and oxygen atoms in total. The lowest BCUT2D eigenvalue weighted by molar-refractivity contribution is -0.113. The molecule has 0 bridgehead atoms. The smallest absolute Gasteiger partial charge is 0.410 e. The van der Waals surface area contributed by atoms with Crippen molar-refractivity contribution in [3.05, 3.63) is 41.5 Å². The number of rotatable bonds is 2. The molecule has 2 rings (SSSR count). The van der Waals surface area contributed by atoms with Gasteiger partial charge in [-0.2, -0.15) is 0 Å². The minimum atomic E-state index is -0.540. The number of para-hydroxylation sites is 1. The summed E-state index contributed by atoms with van der Waals surface area (Å²) in [7, 11) is 0. The number of hydrogen-bond donors (Lipinski definition) is 1. The summed E-state index contributed by atoms with van der Waals surface area (Å²) in [5.41, 5.74) is 1.83. The summed E-state index contributed by atoms with van der Waals surface area (Å²) < 4.78 is 5.37. The topological polar surface area (TPSA) is 58.6 Å². The van der Waals surface area contributed by atoms with E-state index in [1.165, 1.54) is 0 Å². The number of nitrogens with zero attached hydrogens (tertiary/aromatic N) is 1. The standard InChI is InChI=1S/C18H24N2O3.C2H6/c1-13-8-5-6-10-15(13)19-16(21)14-9-7-11-20(12-14)17(22)23-18(2,3)4;1-2/h5-6,8-10H,7,11-12H2,1-4H3,(H,19,21);1-2H3. The molecule has 0 saturated carbocycles. The number of ether oxygens (including phenoxy) is 1. The molecule has 0 saturated heterocycles. The van der Waals surface area contributed by atoms with Gasteiger partial charge in [0.25, 0.3) is 5.91 Å². The Kier molecular flexibility index (Phi) is 7.68. The second kappa shape index (κ2) is 9.25. The van der Waals surface area contributed by atoms with Gasteiger partial charge in [0, 0.05) is 17.8 Å². The Morgan fingerprint density at radius 1 is 1.16 bits per heavy atom. The molecule has 0 aliphatic carbocycles. The van der Waals surface area contributed by atoms with Gasteiger partial charge in [-0.05, 0) is 45.7 Å². The highest BCUT2D eigenvalue weighted by Gasteiger charge is 2.26. The van der Waals surface area contributed by atoms with E-state index in [9.17, 15) is 9.59 Å². The Bertz CT molecular complexity index is 630. The number of carbonyl (C=O) groups excluding carboxylic acids is 2. The van der Waals surface area contributed by atoms with Crippen LogP contribution in [-0.4, -0.2) is 35.6 Å². The molecule has 5 heteroatoms. The monoisotopic (exact) mass is 346 g/mol. The quantitative estimate of drug-likeness (QED) is 0.856. The van der Waals surface area contributed by atoms with Gasteiger partial charge in [0.2, 0.25) is 0 Å². The molecule has 1 heterocycles. The molecular formula is C20H30N2O3. The van der Waals surface area contributed by atoms with Crippen LogP contribution < -0.4 is 5.32 Å². The molecule has 1 N–H and O–H groups in total. The lowest BCUT2D eigenvalue weighted by atomic mass is 10.1. The van der Waals surface area contributed by atoms with Gasteiger partial charge in [0.05, 0.1) is 6.54 Å². The number of nitrogens with one attached hydrogen (secondary N) is 1. The molecule has 0 unspecified atom stereocenters. The van der Waals surface area contributed by atoms with Crippen LogP contribution in [0.2, 0.25) is 0 Å². The highest BCUT2D eigenvalue weighted by molar-refractivity contribution is 6.04. The minimum Gasteiger partial charge on any atom is -0.444 e. The van der Waals surface area contributed by atoms with Crippen LogP contribution in [-0.2, 0) is 9.53 Å². The third-order valence-corrected chi connectivity index (χ3v) is 3.49. The lowest BCUT2D eigenvalue weighted by Gasteiger charge is -2.30. The third kappa shape index (κ3) is 6.61. The van der Waals surface area contributed by atoms with E-state index < -0.39 is 5.60 Å². The van der Waals surface area contributed by atoms with Crippen LogP contribution in [0, 0.1) is 6.92 Å². The molecule has 1 aliphatic rings. The fraction of sp³-hybridized carbons (Fsp3) is 0.500. The average molecular weight is 346 g/mol. The first kappa shape index (κ1) is 20.7. The lowest BCUT2D eigenvalue weighted by Crippen LogP contribution is -2.41. The van der Waals surface area contributed by atoms with E-state index in [1.54, 1.807) is 4.90 Å². The zero-order valence-electron chi connectivity index (χ0n) is 16.2. The first-order valence-corrected chi connectivity index (χ1v) is 8.80. The number of benzene rings is 1. The van der Waals surface area contributed by atoms with Gasteiger partial charge in [0.15, 0.2) is 0 Å². The van der Waals surface area contributed by atoms with Gasteiger partial charge < -0.3 is 15.0 Å². The Hall–Kier alpha value is -2.30. The van der Waals surface area contributed by atoms with Gasteiger partial charge in [-0.25, -0.2) is 4.79 Å². The number of anilines is 1. The number of carbonyl (C=O) groups is 2. The summed E-state index contributed by atoms with van der Waals surface area (Å²) in [4.78, 5) is 26.1. The van der Waals surface area contributed by atoms with Crippen LogP contribution in [0.1, 0.15) is 46.6 Å². The van der Waals surface area contributed by atoms with Gasteiger partial charge in [-0.15, -0.1) is 0 Å². The van der Waals surface area contributed by atoms with Crippen molar-refractivity contribution in [2.75, 3.05) is 18.4 Å². The summed E-state index contributed by atoms with van der Waals surface area (Å²) >= 11 is 0. The fourth-order valence-corrected chi connectivity index (χ4v) is 2.31. The van der Waals surface area contributed by atoms with Gasteiger partial charge >= 0.3 is 6.09 Å². The number of aryl methyl sites for hydroxylation is 1. The highest BCUT2D eigenvalue weighted by atomic mass is 16.6. The molecule has 2 amide bonds. The second-order valence-electron chi connectivity index (χ2n) is 6.69. The molecule has 0 spiro atoms. The first-order chi connectivity index (χ1) is 11.8. The first-order valence-electron chi connectivity index (χ1n) is 8.80. The SMILES string of the molecule is CC.Cc1ccccc1NC(=O)C1=CCCN(C(=O)OC(C)(C)C)C1. The van der Waals surface area contributed by atoms with Crippen LogP contribution >= 0.6 is 0 Å².